The summed E-state index contributed by atoms with van der Waals surface area (Å²) in [5.41, 5.74) is 3.07. The molecule has 0 fully saturated rings. The standard InChI is InChI=1S/C33H22Cl2I2N2O4S2/c1-2-42-32(41)27-28(19-7-4-3-5-8-19)38-33-39(29(27)25-9-6-12-44-25)31(40)26(45-33)15-18-13-23(36)30(24(37)14-18)43-17-20-10-11-21(34)16-22(20)35/h3-16,29H,2,17H2,1H3/b26-15-/t29-/m0/s1. The highest BCUT2D eigenvalue weighted by Gasteiger charge is 2.35. The number of carbonyl (C=O) groups excluding carboxylic acids is 1. The smallest absolute Gasteiger partial charge is 0.338 e. The van der Waals surface area contributed by atoms with Gasteiger partial charge in [-0.3, -0.25) is 9.36 Å². The predicted molar refractivity (Wildman–Crippen MR) is 198 cm³/mol. The first-order valence-corrected chi connectivity index (χ1v) is 18.2. The summed E-state index contributed by atoms with van der Waals surface area (Å²) >= 11 is 19.6. The second-order valence-electron chi connectivity index (χ2n) is 9.78. The molecule has 0 saturated heterocycles. The van der Waals surface area contributed by atoms with Gasteiger partial charge in [-0.1, -0.05) is 77.0 Å². The molecule has 228 valence electrons. The van der Waals surface area contributed by atoms with E-state index in [2.05, 4.69) is 45.2 Å². The maximum atomic E-state index is 14.1. The summed E-state index contributed by atoms with van der Waals surface area (Å²) in [7, 11) is 0. The van der Waals surface area contributed by atoms with Crippen LogP contribution in [-0.2, 0) is 16.1 Å². The molecule has 2 aromatic heterocycles. The number of esters is 1. The van der Waals surface area contributed by atoms with Crippen molar-refractivity contribution in [1.82, 2.24) is 4.57 Å². The Morgan fingerprint density at radius 1 is 1.04 bits per heavy atom. The van der Waals surface area contributed by atoms with Gasteiger partial charge in [0, 0.05) is 26.0 Å². The van der Waals surface area contributed by atoms with E-state index in [1.165, 1.54) is 22.7 Å². The molecule has 1 atom stereocenters. The van der Waals surface area contributed by atoms with Gasteiger partial charge < -0.3 is 9.47 Å². The Morgan fingerprint density at radius 3 is 2.47 bits per heavy atom. The zero-order valence-electron chi connectivity index (χ0n) is 23.4. The molecule has 3 aromatic carbocycles. The molecule has 5 aromatic rings. The molecule has 0 bridgehead atoms. The first-order valence-electron chi connectivity index (χ1n) is 13.6. The highest BCUT2D eigenvalue weighted by molar-refractivity contribution is 14.1. The van der Waals surface area contributed by atoms with Gasteiger partial charge in [-0.2, -0.15) is 0 Å². The number of carbonyl (C=O) groups is 1. The minimum Gasteiger partial charge on any atom is -0.487 e. The molecule has 0 saturated carbocycles. The molecule has 0 spiro atoms. The molecule has 0 radical (unpaired) electrons. The Bertz CT molecular complexity index is 2100. The van der Waals surface area contributed by atoms with Crippen molar-refractivity contribution in [3.8, 4) is 5.75 Å². The Hall–Kier alpha value is -2.49. The predicted octanol–water partition coefficient (Wildman–Crippen LogP) is 8.09. The second kappa shape index (κ2) is 14.1. The SMILES string of the molecule is CCOC(=O)C1=C(c2ccccc2)N=c2s/c(=C\c3cc(I)c(OCc4ccc(Cl)cc4Cl)c(I)c3)c(=O)n2[C@H]1c1cccs1. The quantitative estimate of drug-likeness (QED) is 0.117. The molecule has 6 nitrogen and oxygen atoms in total. The molecule has 3 heterocycles. The zero-order chi connectivity index (χ0) is 31.7. The summed E-state index contributed by atoms with van der Waals surface area (Å²) in [4.78, 5) is 33.9. The van der Waals surface area contributed by atoms with Gasteiger partial charge in [-0.05, 0) is 99.5 Å². The van der Waals surface area contributed by atoms with E-state index in [9.17, 15) is 9.59 Å². The molecule has 1 aliphatic rings. The lowest BCUT2D eigenvalue weighted by Crippen LogP contribution is -2.39. The fourth-order valence-corrected chi connectivity index (χ4v) is 9.31. The number of nitrogens with zero attached hydrogens (tertiary/aromatic N) is 2. The molecule has 1 aliphatic heterocycles. The van der Waals surface area contributed by atoms with E-state index in [1.54, 1.807) is 23.6 Å². The topological polar surface area (TPSA) is 69.9 Å². The van der Waals surface area contributed by atoms with E-state index in [1.807, 2.05) is 72.1 Å². The van der Waals surface area contributed by atoms with Crippen LogP contribution in [0.25, 0.3) is 11.8 Å². The van der Waals surface area contributed by atoms with Gasteiger partial charge in [-0.15, -0.1) is 11.3 Å². The van der Waals surface area contributed by atoms with Crippen molar-refractivity contribution in [2.45, 2.75) is 19.6 Å². The van der Waals surface area contributed by atoms with Crippen LogP contribution in [0.5, 0.6) is 5.75 Å². The largest absolute Gasteiger partial charge is 0.487 e. The van der Waals surface area contributed by atoms with Gasteiger partial charge in [0.15, 0.2) is 4.80 Å². The van der Waals surface area contributed by atoms with Crippen molar-refractivity contribution in [1.29, 1.82) is 0 Å². The van der Waals surface area contributed by atoms with Gasteiger partial charge in [-0.25, -0.2) is 9.79 Å². The van der Waals surface area contributed by atoms with E-state index in [0.29, 0.717) is 30.6 Å². The summed E-state index contributed by atoms with van der Waals surface area (Å²) in [6.07, 6.45) is 1.86. The van der Waals surface area contributed by atoms with Crippen LogP contribution in [0.2, 0.25) is 10.0 Å². The third kappa shape index (κ3) is 6.82. The molecule has 0 unspecified atom stereocenters. The number of hydrogen-bond acceptors (Lipinski definition) is 7. The number of halogens is 4. The summed E-state index contributed by atoms with van der Waals surface area (Å²) in [6, 6.07) is 22.0. The molecule has 45 heavy (non-hydrogen) atoms. The van der Waals surface area contributed by atoms with Crippen molar-refractivity contribution < 1.29 is 14.3 Å². The molecule has 12 heteroatoms. The van der Waals surface area contributed by atoms with Crippen LogP contribution in [0.1, 0.15) is 34.5 Å². The van der Waals surface area contributed by atoms with Gasteiger partial charge in [0.1, 0.15) is 18.4 Å². The fraction of sp³-hybridized carbons (Fsp3) is 0.121. The highest BCUT2D eigenvalue weighted by atomic mass is 127. The van der Waals surface area contributed by atoms with Crippen LogP contribution in [0, 0.1) is 7.14 Å². The number of thiazole rings is 1. The van der Waals surface area contributed by atoms with E-state index in [-0.39, 0.29) is 18.8 Å². The van der Waals surface area contributed by atoms with Crippen LogP contribution >= 0.6 is 91.1 Å². The van der Waals surface area contributed by atoms with E-state index >= 15 is 0 Å². The Kier molecular flexibility index (Phi) is 10.2. The van der Waals surface area contributed by atoms with Crippen LogP contribution < -0.4 is 19.6 Å². The normalized spacial score (nSPS) is 14.7. The molecule has 0 aliphatic carbocycles. The second-order valence-corrected chi connectivity index (χ2v) is 14.9. The lowest BCUT2D eigenvalue weighted by Gasteiger charge is -2.24. The zero-order valence-corrected chi connectivity index (χ0v) is 30.9. The van der Waals surface area contributed by atoms with Crippen molar-refractivity contribution in [3.63, 3.8) is 0 Å². The minimum absolute atomic E-state index is 0.204. The van der Waals surface area contributed by atoms with Crippen LogP contribution in [-0.4, -0.2) is 17.1 Å². The molecular weight excluding hydrogens is 877 g/mol. The number of aromatic nitrogens is 1. The Balaban J connectivity index is 1.44. The summed E-state index contributed by atoms with van der Waals surface area (Å²) in [5, 5.41) is 3.05. The summed E-state index contributed by atoms with van der Waals surface area (Å²) in [6.45, 7) is 2.26. The number of benzene rings is 3. The number of rotatable bonds is 8. The number of hydrogen-bond donors (Lipinski definition) is 0. The van der Waals surface area contributed by atoms with Crippen molar-refractivity contribution in [2.75, 3.05) is 6.61 Å². The third-order valence-corrected chi connectivity index (χ3v) is 11.0. The maximum absolute atomic E-state index is 14.1. The molecular formula is C33H22Cl2I2N2O4S2. The number of ether oxygens (including phenoxy) is 2. The first-order chi connectivity index (χ1) is 21.7. The van der Waals surface area contributed by atoms with Gasteiger partial charge in [0.25, 0.3) is 5.56 Å². The molecule has 0 amide bonds. The highest BCUT2D eigenvalue weighted by Crippen LogP contribution is 2.37. The molecule has 6 rings (SSSR count). The lowest BCUT2D eigenvalue weighted by molar-refractivity contribution is -0.138. The molecule has 0 N–H and O–H groups in total. The summed E-state index contributed by atoms with van der Waals surface area (Å²) < 4.78 is 15.6. The van der Waals surface area contributed by atoms with Gasteiger partial charge in [0.2, 0.25) is 0 Å². The van der Waals surface area contributed by atoms with Crippen LogP contribution in [0.4, 0.5) is 0 Å². The minimum atomic E-state index is -0.673. The fourth-order valence-electron chi connectivity index (χ4n) is 4.90. The third-order valence-electron chi connectivity index (χ3n) is 6.89. The number of thiophene rings is 1. The van der Waals surface area contributed by atoms with Gasteiger partial charge in [0.05, 0.1) is 29.5 Å². The van der Waals surface area contributed by atoms with Crippen molar-refractivity contribution >= 4 is 109 Å². The van der Waals surface area contributed by atoms with E-state index < -0.39 is 12.0 Å². The van der Waals surface area contributed by atoms with Crippen molar-refractivity contribution in [2.24, 2.45) is 4.99 Å². The van der Waals surface area contributed by atoms with Gasteiger partial charge >= 0.3 is 5.97 Å². The van der Waals surface area contributed by atoms with Crippen LogP contribution in [0.3, 0.4) is 0 Å². The average Bonchev–Trinajstić information content (AvgIpc) is 3.66. The number of fused-ring (bicyclic) bond motifs is 1. The lowest BCUT2D eigenvalue weighted by atomic mass is 9.97. The average molecular weight is 899 g/mol. The Labute approximate surface area is 303 Å². The van der Waals surface area contributed by atoms with Crippen molar-refractivity contribution in [3.05, 3.63) is 142 Å². The maximum Gasteiger partial charge on any atom is 0.338 e. The summed E-state index contributed by atoms with van der Waals surface area (Å²) in [5.74, 6) is 0.234. The monoisotopic (exact) mass is 898 g/mol. The van der Waals surface area contributed by atoms with E-state index in [0.717, 1.165) is 34.5 Å². The van der Waals surface area contributed by atoms with Crippen LogP contribution in [0.15, 0.2) is 93.5 Å². The van der Waals surface area contributed by atoms with E-state index in [4.69, 9.17) is 37.7 Å². The first kappa shape index (κ1) is 32.5. The Morgan fingerprint density at radius 2 is 1.80 bits per heavy atom.